The van der Waals surface area contributed by atoms with Crippen LogP contribution in [0, 0.1) is 6.92 Å². The molecule has 25 heavy (non-hydrogen) atoms. The number of carbonyl (C=O) groups excluding carboxylic acids is 1. The van der Waals surface area contributed by atoms with Crippen LogP contribution in [0.25, 0.3) is 0 Å². The molecule has 1 N–H and O–H groups in total. The molecule has 0 spiro atoms. The van der Waals surface area contributed by atoms with Crippen molar-refractivity contribution in [2.45, 2.75) is 6.92 Å². The lowest BCUT2D eigenvalue weighted by atomic mass is 10.2. The molecule has 1 aliphatic rings. The third-order valence-corrected chi connectivity index (χ3v) is 4.27. The van der Waals surface area contributed by atoms with Gasteiger partial charge in [-0.1, -0.05) is 0 Å². The molecule has 7 nitrogen and oxygen atoms in total. The van der Waals surface area contributed by atoms with Crippen molar-refractivity contribution in [2.24, 2.45) is 0 Å². The number of hydrogen-bond acceptors (Lipinski definition) is 6. The Kier molecular flexibility index (Phi) is 5.02. The van der Waals surface area contributed by atoms with Crippen molar-refractivity contribution in [1.29, 1.82) is 0 Å². The molecule has 2 heterocycles. The number of anilines is 4. The van der Waals surface area contributed by atoms with Crippen LogP contribution in [0.3, 0.4) is 0 Å². The molecule has 132 valence electrons. The van der Waals surface area contributed by atoms with Gasteiger partial charge in [0.25, 0.3) is 0 Å². The Morgan fingerprint density at radius 1 is 1.08 bits per heavy atom. The zero-order valence-corrected chi connectivity index (χ0v) is 14.9. The molecule has 0 aliphatic carbocycles. The zero-order valence-electron chi connectivity index (χ0n) is 14.9. The Morgan fingerprint density at radius 2 is 1.76 bits per heavy atom. The van der Waals surface area contributed by atoms with Crippen molar-refractivity contribution in [3.63, 3.8) is 0 Å². The summed E-state index contributed by atoms with van der Waals surface area (Å²) >= 11 is 0. The summed E-state index contributed by atoms with van der Waals surface area (Å²) in [6.07, 6.45) is 0.910. The summed E-state index contributed by atoms with van der Waals surface area (Å²) in [5, 5.41) is 3.35. The van der Waals surface area contributed by atoms with Gasteiger partial charge in [0.15, 0.2) is 0 Å². The quantitative estimate of drug-likeness (QED) is 0.839. The molecule has 2 aromatic rings. The van der Waals surface area contributed by atoms with Crippen LogP contribution in [0.2, 0.25) is 0 Å². The van der Waals surface area contributed by atoms with Crippen molar-refractivity contribution in [3.05, 3.63) is 36.2 Å². The van der Waals surface area contributed by atoms with Gasteiger partial charge in [-0.3, -0.25) is 4.79 Å². The summed E-state index contributed by atoms with van der Waals surface area (Å²) < 4.78 is 0. The minimum absolute atomic E-state index is 0.724. The molecule has 0 bridgehead atoms. The first-order chi connectivity index (χ1) is 12.0. The summed E-state index contributed by atoms with van der Waals surface area (Å²) in [4.78, 5) is 25.9. The molecule has 1 aromatic heterocycles. The second-order valence-electron chi connectivity index (χ2n) is 6.35. The summed E-state index contributed by atoms with van der Waals surface area (Å²) in [7, 11) is 4.04. The third kappa shape index (κ3) is 4.17. The van der Waals surface area contributed by atoms with Gasteiger partial charge in [-0.15, -0.1) is 0 Å². The first-order valence-electron chi connectivity index (χ1n) is 8.39. The normalized spacial score (nSPS) is 14.4. The fraction of sp³-hybridized carbons (Fsp3) is 0.389. The predicted octanol–water partition coefficient (Wildman–Crippen LogP) is 1.87. The van der Waals surface area contributed by atoms with E-state index in [9.17, 15) is 4.79 Å². The van der Waals surface area contributed by atoms with Gasteiger partial charge in [-0.05, 0) is 31.2 Å². The van der Waals surface area contributed by atoms with E-state index in [1.165, 1.54) is 0 Å². The molecule has 7 heteroatoms. The maximum Gasteiger partial charge on any atom is 0.209 e. The highest BCUT2D eigenvalue weighted by Gasteiger charge is 2.17. The lowest BCUT2D eigenvalue weighted by Gasteiger charge is -2.33. The number of rotatable bonds is 5. The average Bonchev–Trinajstić information content (AvgIpc) is 2.62. The highest BCUT2D eigenvalue weighted by Crippen LogP contribution is 2.22. The van der Waals surface area contributed by atoms with Crippen molar-refractivity contribution >= 4 is 29.4 Å². The van der Waals surface area contributed by atoms with Crippen molar-refractivity contribution in [3.8, 4) is 0 Å². The number of amides is 1. The largest absolute Gasteiger partial charge is 0.378 e. The van der Waals surface area contributed by atoms with Gasteiger partial charge in [-0.25, -0.2) is 9.97 Å². The Labute approximate surface area is 148 Å². The molecule has 0 saturated carbocycles. The van der Waals surface area contributed by atoms with Crippen LogP contribution in [0.4, 0.5) is 23.0 Å². The number of aromatic nitrogens is 2. The van der Waals surface area contributed by atoms with Crippen LogP contribution in [0.15, 0.2) is 30.3 Å². The minimum atomic E-state index is 0.724. The molecule has 1 amide bonds. The van der Waals surface area contributed by atoms with Crippen LogP contribution < -0.4 is 15.1 Å². The monoisotopic (exact) mass is 340 g/mol. The SMILES string of the molecule is Cc1nc(Nc2ccc(N(C)C)cc2)cc(N2CCN(C=O)CC2)n1. The first kappa shape index (κ1) is 17.0. The summed E-state index contributed by atoms with van der Waals surface area (Å²) in [6, 6.07) is 10.2. The molecule has 1 fully saturated rings. The molecule has 1 aliphatic heterocycles. The van der Waals surface area contributed by atoms with Crippen LogP contribution in [-0.4, -0.2) is 61.6 Å². The van der Waals surface area contributed by atoms with Crippen molar-refractivity contribution < 1.29 is 4.79 Å². The van der Waals surface area contributed by atoms with E-state index >= 15 is 0 Å². The second-order valence-corrected chi connectivity index (χ2v) is 6.35. The molecule has 0 atom stereocenters. The number of nitrogens with one attached hydrogen (secondary N) is 1. The fourth-order valence-corrected chi connectivity index (χ4v) is 2.83. The summed E-state index contributed by atoms with van der Waals surface area (Å²) in [5.74, 6) is 2.39. The van der Waals surface area contributed by atoms with E-state index in [0.717, 1.165) is 61.4 Å². The molecular weight excluding hydrogens is 316 g/mol. The number of nitrogens with zero attached hydrogens (tertiary/aromatic N) is 5. The number of hydrogen-bond donors (Lipinski definition) is 1. The maximum atomic E-state index is 10.8. The van der Waals surface area contributed by atoms with Gasteiger partial charge in [-0.2, -0.15) is 0 Å². The molecule has 3 rings (SSSR count). The van der Waals surface area contributed by atoms with Gasteiger partial charge in [0, 0.05) is 57.7 Å². The van der Waals surface area contributed by atoms with Crippen molar-refractivity contribution in [1.82, 2.24) is 14.9 Å². The fourth-order valence-electron chi connectivity index (χ4n) is 2.83. The Morgan fingerprint density at radius 3 is 2.36 bits per heavy atom. The van der Waals surface area contributed by atoms with E-state index in [2.05, 4.69) is 37.2 Å². The average molecular weight is 340 g/mol. The predicted molar refractivity (Wildman–Crippen MR) is 101 cm³/mol. The highest BCUT2D eigenvalue weighted by atomic mass is 16.1. The summed E-state index contributed by atoms with van der Waals surface area (Å²) in [5.41, 5.74) is 2.14. The maximum absolute atomic E-state index is 10.8. The van der Waals surface area contributed by atoms with Gasteiger partial charge in [0.1, 0.15) is 17.5 Å². The van der Waals surface area contributed by atoms with E-state index in [-0.39, 0.29) is 0 Å². The van der Waals surface area contributed by atoms with E-state index in [0.29, 0.717) is 0 Å². The molecule has 0 unspecified atom stereocenters. The Hall–Kier alpha value is -2.83. The molecule has 1 aromatic carbocycles. The van der Waals surface area contributed by atoms with Gasteiger partial charge >= 0.3 is 0 Å². The van der Waals surface area contributed by atoms with Crippen LogP contribution in [0.1, 0.15) is 5.82 Å². The number of benzene rings is 1. The first-order valence-corrected chi connectivity index (χ1v) is 8.39. The van der Waals surface area contributed by atoms with Crippen LogP contribution >= 0.6 is 0 Å². The van der Waals surface area contributed by atoms with E-state index < -0.39 is 0 Å². The van der Waals surface area contributed by atoms with Gasteiger partial charge in [0.2, 0.25) is 6.41 Å². The zero-order chi connectivity index (χ0) is 17.8. The third-order valence-electron chi connectivity index (χ3n) is 4.27. The topological polar surface area (TPSA) is 64.6 Å². The van der Waals surface area contributed by atoms with Crippen LogP contribution in [0.5, 0.6) is 0 Å². The molecule has 0 radical (unpaired) electrons. The number of aryl methyl sites for hydroxylation is 1. The van der Waals surface area contributed by atoms with Gasteiger partial charge < -0.3 is 20.0 Å². The smallest absolute Gasteiger partial charge is 0.209 e. The standard InChI is InChI=1S/C18H24N6O/c1-14-19-17(21-15-4-6-16(7-5-15)22(2)3)12-18(20-14)24-10-8-23(13-25)9-11-24/h4-7,12-13H,8-11H2,1-3H3,(H,19,20,21). The van der Waals surface area contributed by atoms with E-state index in [4.69, 9.17) is 0 Å². The highest BCUT2D eigenvalue weighted by molar-refractivity contribution is 5.62. The van der Waals surface area contributed by atoms with Crippen LogP contribution in [-0.2, 0) is 4.79 Å². The lowest BCUT2D eigenvalue weighted by molar-refractivity contribution is -0.118. The molecular formula is C18H24N6O. The number of carbonyl (C=O) groups is 1. The second kappa shape index (κ2) is 7.38. The van der Waals surface area contributed by atoms with E-state index in [1.54, 1.807) is 4.90 Å². The Balaban J connectivity index is 1.74. The van der Waals surface area contributed by atoms with E-state index in [1.807, 2.05) is 39.2 Å². The van der Waals surface area contributed by atoms with Gasteiger partial charge in [0.05, 0.1) is 0 Å². The Bertz CT molecular complexity index is 723. The lowest BCUT2D eigenvalue weighted by Crippen LogP contribution is -2.46. The molecule has 1 saturated heterocycles. The number of piperazine rings is 1. The van der Waals surface area contributed by atoms with Crippen molar-refractivity contribution in [2.75, 3.05) is 55.4 Å². The minimum Gasteiger partial charge on any atom is -0.378 e. The summed E-state index contributed by atoms with van der Waals surface area (Å²) in [6.45, 7) is 4.91.